The fourth-order valence-corrected chi connectivity index (χ4v) is 3.90. The van der Waals surface area contributed by atoms with Crippen LogP contribution in [0.4, 0.5) is 4.39 Å². The molecule has 0 bridgehead atoms. The maximum absolute atomic E-state index is 13.7. The van der Waals surface area contributed by atoms with Crippen molar-refractivity contribution in [2.24, 2.45) is 0 Å². The lowest BCUT2D eigenvalue weighted by molar-refractivity contribution is 0.385. The Kier molecular flexibility index (Phi) is 6.09. The second-order valence-corrected chi connectivity index (χ2v) is 8.21. The van der Waals surface area contributed by atoms with Gasteiger partial charge in [-0.25, -0.2) is 17.1 Å². The van der Waals surface area contributed by atoms with Crippen LogP contribution >= 0.6 is 23.2 Å². The van der Waals surface area contributed by atoms with E-state index in [1.54, 1.807) is 18.2 Å². The van der Waals surface area contributed by atoms with Gasteiger partial charge in [0.05, 0.1) is 12.9 Å². The summed E-state index contributed by atoms with van der Waals surface area (Å²) in [5, 5.41) is 0.736. The predicted molar refractivity (Wildman–Crippen MR) is 93.5 cm³/mol. The highest BCUT2D eigenvalue weighted by Crippen LogP contribution is 2.23. The van der Waals surface area contributed by atoms with Gasteiger partial charge in [-0.2, -0.15) is 0 Å². The van der Waals surface area contributed by atoms with E-state index >= 15 is 0 Å². The standard InChI is InChI=1S/C16H16Cl2FNO3S/c1-20(9-11-3-4-16(23-2)15(19)7-11)24(21,22)10-12-5-13(17)8-14(18)6-12/h3-8H,9-10H2,1-2H3. The molecule has 130 valence electrons. The minimum Gasteiger partial charge on any atom is -0.494 e. The maximum atomic E-state index is 13.7. The van der Waals surface area contributed by atoms with Gasteiger partial charge < -0.3 is 4.74 Å². The Hall–Kier alpha value is -1.34. The van der Waals surface area contributed by atoms with Crippen LogP contribution in [0, 0.1) is 5.82 Å². The molecule has 2 rings (SSSR count). The zero-order chi connectivity index (χ0) is 17.9. The van der Waals surface area contributed by atoms with Gasteiger partial charge in [-0.3, -0.25) is 0 Å². The SMILES string of the molecule is COc1ccc(CN(C)S(=O)(=O)Cc2cc(Cl)cc(Cl)c2)cc1F. The van der Waals surface area contributed by atoms with Crippen LogP contribution in [0.5, 0.6) is 5.75 Å². The van der Waals surface area contributed by atoms with E-state index in [4.69, 9.17) is 27.9 Å². The average molecular weight is 392 g/mol. The molecule has 0 spiro atoms. The number of hydrogen-bond donors (Lipinski definition) is 0. The largest absolute Gasteiger partial charge is 0.494 e. The van der Waals surface area contributed by atoms with Crippen LogP contribution in [-0.4, -0.2) is 26.9 Å². The second kappa shape index (κ2) is 7.70. The third-order valence-electron chi connectivity index (χ3n) is 3.37. The number of nitrogens with zero attached hydrogens (tertiary/aromatic N) is 1. The summed E-state index contributed by atoms with van der Waals surface area (Å²) in [6.45, 7) is 0.0392. The number of benzene rings is 2. The summed E-state index contributed by atoms with van der Waals surface area (Å²) >= 11 is 11.8. The lowest BCUT2D eigenvalue weighted by Crippen LogP contribution is -2.27. The minimum atomic E-state index is -3.61. The van der Waals surface area contributed by atoms with Gasteiger partial charge in [0.1, 0.15) is 0 Å². The van der Waals surface area contributed by atoms with Crippen molar-refractivity contribution >= 4 is 33.2 Å². The Morgan fingerprint density at radius 1 is 1.08 bits per heavy atom. The Bertz CT molecular complexity index is 823. The number of hydrogen-bond acceptors (Lipinski definition) is 3. The first kappa shape index (κ1) is 19.0. The molecule has 0 N–H and O–H groups in total. The summed E-state index contributed by atoms with van der Waals surface area (Å²) in [5.41, 5.74) is 1.00. The first-order valence-electron chi connectivity index (χ1n) is 6.92. The normalized spacial score (nSPS) is 11.8. The molecule has 0 saturated carbocycles. The van der Waals surface area contributed by atoms with E-state index in [0.717, 1.165) is 4.31 Å². The lowest BCUT2D eigenvalue weighted by atomic mass is 10.2. The number of ether oxygens (including phenoxy) is 1. The Morgan fingerprint density at radius 3 is 2.25 bits per heavy atom. The highest BCUT2D eigenvalue weighted by molar-refractivity contribution is 7.88. The van der Waals surface area contributed by atoms with Crippen LogP contribution in [0.25, 0.3) is 0 Å². The van der Waals surface area contributed by atoms with E-state index in [0.29, 0.717) is 21.2 Å². The minimum absolute atomic E-state index is 0.0392. The van der Waals surface area contributed by atoms with Crippen LogP contribution in [0.15, 0.2) is 36.4 Å². The zero-order valence-corrected chi connectivity index (χ0v) is 15.4. The molecular formula is C16H16Cl2FNO3S. The summed E-state index contributed by atoms with van der Waals surface area (Å²) in [4.78, 5) is 0. The van der Waals surface area contributed by atoms with Crippen LogP contribution in [0.2, 0.25) is 10.0 Å². The van der Waals surface area contributed by atoms with Gasteiger partial charge in [-0.1, -0.05) is 29.3 Å². The van der Waals surface area contributed by atoms with E-state index in [1.807, 2.05) is 0 Å². The van der Waals surface area contributed by atoms with Crippen LogP contribution in [0.1, 0.15) is 11.1 Å². The average Bonchev–Trinajstić information content (AvgIpc) is 2.45. The second-order valence-electron chi connectivity index (χ2n) is 5.26. The molecule has 0 aliphatic heterocycles. The monoisotopic (exact) mass is 391 g/mol. The summed E-state index contributed by atoms with van der Waals surface area (Å²) in [6, 6.07) is 8.95. The predicted octanol–water partition coefficient (Wildman–Crippen LogP) is 4.10. The molecule has 8 heteroatoms. The van der Waals surface area contributed by atoms with E-state index in [2.05, 4.69) is 0 Å². The number of halogens is 3. The quantitative estimate of drug-likeness (QED) is 0.744. The number of rotatable bonds is 6. The Labute approximate surface area is 150 Å². The third-order valence-corrected chi connectivity index (χ3v) is 5.58. The van der Waals surface area contributed by atoms with Crippen molar-refractivity contribution in [3.05, 3.63) is 63.4 Å². The molecule has 0 radical (unpaired) electrons. The molecule has 2 aromatic carbocycles. The van der Waals surface area contributed by atoms with E-state index in [-0.39, 0.29) is 18.0 Å². The molecular weight excluding hydrogens is 376 g/mol. The van der Waals surface area contributed by atoms with Crippen molar-refractivity contribution in [3.8, 4) is 5.75 Å². The molecule has 0 heterocycles. The maximum Gasteiger partial charge on any atom is 0.218 e. The molecule has 0 unspecified atom stereocenters. The smallest absolute Gasteiger partial charge is 0.218 e. The van der Waals surface area contributed by atoms with Gasteiger partial charge in [-0.15, -0.1) is 0 Å². The van der Waals surface area contributed by atoms with Crippen molar-refractivity contribution in [2.45, 2.75) is 12.3 Å². The fraction of sp³-hybridized carbons (Fsp3) is 0.250. The fourth-order valence-electron chi connectivity index (χ4n) is 2.18. The molecule has 24 heavy (non-hydrogen) atoms. The first-order valence-corrected chi connectivity index (χ1v) is 9.29. The molecule has 0 aromatic heterocycles. The van der Waals surface area contributed by atoms with E-state index in [9.17, 15) is 12.8 Å². The highest BCUT2D eigenvalue weighted by atomic mass is 35.5. The number of methoxy groups -OCH3 is 1. The lowest BCUT2D eigenvalue weighted by Gasteiger charge is -2.18. The first-order chi connectivity index (χ1) is 11.2. The van der Waals surface area contributed by atoms with Gasteiger partial charge in [0.15, 0.2) is 11.6 Å². The third kappa shape index (κ3) is 4.83. The molecule has 0 aliphatic carbocycles. The van der Waals surface area contributed by atoms with Gasteiger partial charge in [0, 0.05) is 23.6 Å². The molecule has 0 saturated heterocycles. The molecule has 2 aromatic rings. The van der Waals surface area contributed by atoms with Gasteiger partial charge >= 0.3 is 0 Å². The van der Waals surface area contributed by atoms with Crippen LogP contribution in [-0.2, 0) is 22.3 Å². The molecule has 0 atom stereocenters. The van der Waals surface area contributed by atoms with Gasteiger partial charge in [-0.05, 0) is 41.5 Å². The molecule has 4 nitrogen and oxygen atoms in total. The summed E-state index contributed by atoms with van der Waals surface area (Å²) in [5.74, 6) is -0.678. The molecule has 0 fully saturated rings. The Morgan fingerprint density at radius 2 is 1.71 bits per heavy atom. The molecule has 0 aliphatic rings. The van der Waals surface area contributed by atoms with Gasteiger partial charge in [0.25, 0.3) is 0 Å². The van der Waals surface area contributed by atoms with E-state index in [1.165, 1.54) is 32.4 Å². The van der Waals surface area contributed by atoms with Crippen LogP contribution in [0.3, 0.4) is 0 Å². The Balaban J connectivity index is 2.15. The van der Waals surface area contributed by atoms with Crippen molar-refractivity contribution in [2.75, 3.05) is 14.2 Å². The van der Waals surface area contributed by atoms with Gasteiger partial charge in [0.2, 0.25) is 10.0 Å². The van der Waals surface area contributed by atoms with Crippen molar-refractivity contribution < 1.29 is 17.5 Å². The summed E-state index contributed by atoms with van der Waals surface area (Å²) in [6.07, 6.45) is 0. The number of sulfonamides is 1. The zero-order valence-electron chi connectivity index (χ0n) is 13.1. The molecule has 0 amide bonds. The summed E-state index contributed by atoms with van der Waals surface area (Å²) < 4.78 is 44.6. The summed E-state index contributed by atoms with van der Waals surface area (Å²) in [7, 11) is -0.811. The van der Waals surface area contributed by atoms with Crippen LogP contribution < -0.4 is 4.74 Å². The van der Waals surface area contributed by atoms with Crippen molar-refractivity contribution in [1.29, 1.82) is 0 Å². The van der Waals surface area contributed by atoms with Crippen molar-refractivity contribution in [1.82, 2.24) is 4.31 Å². The topological polar surface area (TPSA) is 46.6 Å². The highest BCUT2D eigenvalue weighted by Gasteiger charge is 2.20. The van der Waals surface area contributed by atoms with Crippen molar-refractivity contribution in [3.63, 3.8) is 0 Å². The van der Waals surface area contributed by atoms with E-state index < -0.39 is 15.8 Å².